The average molecular weight is 292 g/mol. The predicted octanol–water partition coefficient (Wildman–Crippen LogP) is 2.32. The fourth-order valence-corrected chi connectivity index (χ4v) is 2.50. The van der Waals surface area contributed by atoms with Crippen LogP contribution < -0.4 is 0 Å². The Bertz CT molecular complexity index is 598. The summed E-state index contributed by atoms with van der Waals surface area (Å²) < 4.78 is 1.87. The van der Waals surface area contributed by atoms with Gasteiger partial charge >= 0.3 is 5.97 Å². The molecule has 0 saturated carbocycles. The van der Waals surface area contributed by atoms with Gasteiger partial charge in [0.1, 0.15) is 12.2 Å². The van der Waals surface area contributed by atoms with Crippen molar-refractivity contribution in [3.63, 3.8) is 0 Å². The van der Waals surface area contributed by atoms with Crippen LogP contribution in [-0.4, -0.2) is 30.8 Å². The Morgan fingerprint density at radius 2 is 2.25 bits per heavy atom. The molecule has 0 saturated heterocycles. The number of carboxylic acid groups (broad SMARTS) is 1. The number of aromatic nitrogens is 4. The molecule has 106 valence electrons. The van der Waals surface area contributed by atoms with Crippen molar-refractivity contribution in [2.24, 2.45) is 5.92 Å². The van der Waals surface area contributed by atoms with Crippen LogP contribution in [0.1, 0.15) is 30.0 Å². The van der Waals surface area contributed by atoms with Crippen molar-refractivity contribution in [1.82, 2.24) is 19.7 Å². The van der Waals surface area contributed by atoms with Crippen LogP contribution in [0.5, 0.6) is 0 Å². The number of hydrogen-bond donors (Lipinski definition) is 1. The van der Waals surface area contributed by atoms with E-state index in [1.165, 1.54) is 24.0 Å². The average Bonchev–Trinajstić information content (AvgIpc) is 2.83. The lowest BCUT2D eigenvalue weighted by atomic mass is 10.2. The van der Waals surface area contributed by atoms with E-state index in [9.17, 15) is 4.79 Å². The van der Waals surface area contributed by atoms with Gasteiger partial charge in [0.2, 0.25) is 0 Å². The van der Waals surface area contributed by atoms with Gasteiger partial charge in [-0.1, -0.05) is 25.6 Å². The molecule has 0 bridgehead atoms. The van der Waals surface area contributed by atoms with E-state index in [-0.39, 0.29) is 5.56 Å². The minimum atomic E-state index is -0.947. The van der Waals surface area contributed by atoms with Crippen LogP contribution in [0.15, 0.2) is 29.7 Å². The zero-order valence-corrected chi connectivity index (χ0v) is 12.2. The summed E-state index contributed by atoms with van der Waals surface area (Å²) in [5.74, 6) is 1.03. The van der Waals surface area contributed by atoms with E-state index in [2.05, 4.69) is 28.9 Å². The maximum atomic E-state index is 10.9. The zero-order valence-electron chi connectivity index (χ0n) is 11.4. The number of hydrogen-bond acceptors (Lipinski definition) is 5. The summed E-state index contributed by atoms with van der Waals surface area (Å²) in [6, 6.07) is 3.05. The van der Waals surface area contributed by atoms with Crippen molar-refractivity contribution in [3.05, 3.63) is 36.0 Å². The molecule has 0 amide bonds. The number of rotatable bonds is 6. The van der Waals surface area contributed by atoms with E-state index in [0.717, 1.165) is 12.4 Å². The molecule has 0 radical (unpaired) electrons. The quantitative estimate of drug-likeness (QED) is 0.823. The van der Waals surface area contributed by atoms with Crippen LogP contribution in [0.3, 0.4) is 0 Å². The lowest BCUT2D eigenvalue weighted by Crippen LogP contribution is -2.09. The fraction of sp³-hybridized carbons (Fsp3) is 0.385. The van der Waals surface area contributed by atoms with Crippen LogP contribution >= 0.6 is 11.8 Å². The van der Waals surface area contributed by atoms with E-state index >= 15 is 0 Å². The summed E-state index contributed by atoms with van der Waals surface area (Å²) in [5, 5.41) is 13.8. The third kappa shape index (κ3) is 3.80. The molecule has 0 aromatic carbocycles. The van der Waals surface area contributed by atoms with Crippen LogP contribution in [0.4, 0.5) is 0 Å². The molecule has 0 aliphatic heterocycles. The first kappa shape index (κ1) is 14.5. The Morgan fingerprint density at radius 1 is 1.45 bits per heavy atom. The molecule has 0 aliphatic carbocycles. The van der Waals surface area contributed by atoms with Crippen molar-refractivity contribution < 1.29 is 9.90 Å². The Balaban J connectivity index is 2.03. The fourth-order valence-electron chi connectivity index (χ4n) is 1.66. The molecule has 0 unspecified atom stereocenters. The van der Waals surface area contributed by atoms with E-state index in [0.29, 0.717) is 16.7 Å². The normalized spacial score (nSPS) is 10.9. The van der Waals surface area contributed by atoms with Gasteiger partial charge in [0.25, 0.3) is 0 Å². The second-order valence-corrected chi connectivity index (χ2v) is 5.72. The van der Waals surface area contributed by atoms with E-state index in [1.54, 1.807) is 12.4 Å². The number of aromatic carboxylic acids is 1. The van der Waals surface area contributed by atoms with Gasteiger partial charge in [-0.15, -0.1) is 0 Å². The third-order valence-electron chi connectivity index (χ3n) is 2.56. The van der Waals surface area contributed by atoms with Gasteiger partial charge < -0.3 is 5.11 Å². The number of carbonyl (C=O) groups is 1. The molecule has 0 aliphatic rings. The molecule has 7 heteroatoms. The molecule has 6 nitrogen and oxygen atoms in total. The topological polar surface area (TPSA) is 80.9 Å². The summed E-state index contributed by atoms with van der Waals surface area (Å²) in [5.41, 5.74) is 0.242. The molecule has 2 rings (SSSR count). The molecule has 20 heavy (non-hydrogen) atoms. The van der Waals surface area contributed by atoms with Gasteiger partial charge in [0, 0.05) is 12.7 Å². The summed E-state index contributed by atoms with van der Waals surface area (Å²) in [4.78, 5) is 19.3. The SMILES string of the molecule is CC(C)Cn1ncnc1CSc1cc(C(=O)O)ccn1. The lowest BCUT2D eigenvalue weighted by molar-refractivity contribution is 0.0696. The van der Waals surface area contributed by atoms with Crippen LogP contribution in [0, 0.1) is 5.92 Å². The van der Waals surface area contributed by atoms with Gasteiger partial charge in [-0.3, -0.25) is 0 Å². The van der Waals surface area contributed by atoms with Gasteiger partial charge in [-0.05, 0) is 18.1 Å². The molecule has 0 atom stereocenters. The highest BCUT2D eigenvalue weighted by Gasteiger charge is 2.09. The van der Waals surface area contributed by atoms with Crippen LogP contribution in [0.2, 0.25) is 0 Å². The highest BCUT2D eigenvalue weighted by Crippen LogP contribution is 2.20. The first-order valence-electron chi connectivity index (χ1n) is 6.25. The van der Waals surface area contributed by atoms with E-state index < -0.39 is 5.97 Å². The van der Waals surface area contributed by atoms with E-state index in [1.807, 2.05) is 4.68 Å². The van der Waals surface area contributed by atoms with Crippen molar-refractivity contribution in [2.75, 3.05) is 0 Å². The first-order chi connectivity index (χ1) is 9.56. The van der Waals surface area contributed by atoms with Crippen LogP contribution in [0.25, 0.3) is 0 Å². The molecule has 1 N–H and O–H groups in total. The monoisotopic (exact) mass is 292 g/mol. The third-order valence-corrected chi connectivity index (χ3v) is 3.49. The number of nitrogens with zero attached hydrogens (tertiary/aromatic N) is 4. The minimum absolute atomic E-state index is 0.242. The molecule has 0 spiro atoms. The molecule has 0 fully saturated rings. The first-order valence-corrected chi connectivity index (χ1v) is 7.23. The molecular weight excluding hydrogens is 276 g/mol. The Morgan fingerprint density at radius 3 is 2.95 bits per heavy atom. The van der Waals surface area contributed by atoms with Crippen molar-refractivity contribution in [2.45, 2.75) is 31.2 Å². The summed E-state index contributed by atoms with van der Waals surface area (Å²) in [6.45, 7) is 5.06. The van der Waals surface area contributed by atoms with Crippen molar-refractivity contribution >= 4 is 17.7 Å². The highest BCUT2D eigenvalue weighted by molar-refractivity contribution is 7.98. The molecular formula is C13H16N4O2S. The van der Waals surface area contributed by atoms with E-state index in [4.69, 9.17) is 5.11 Å². The van der Waals surface area contributed by atoms with Gasteiger partial charge in [0.15, 0.2) is 0 Å². The van der Waals surface area contributed by atoms with Crippen molar-refractivity contribution in [1.29, 1.82) is 0 Å². The maximum Gasteiger partial charge on any atom is 0.335 e. The molecule has 2 heterocycles. The van der Waals surface area contributed by atoms with Crippen LogP contribution in [-0.2, 0) is 12.3 Å². The molecule has 2 aromatic heterocycles. The number of carboxylic acids is 1. The van der Waals surface area contributed by atoms with Gasteiger partial charge in [-0.25, -0.2) is 19.4 Å². The summed E-state index contributed by atoms with van der Waals surface area (Å²) >= 11 is 1.45. The second kappa shape index (κ2) is 6.51. The Hall–Kier alpha value is -1.89. The zero-order chi connectivity index (χ0) is 14.5. The van der Waals surface area contributed by atoms with Crippen molar-refractivity contribution in [3.8, 4) is 0 Å². The lowest BCUT2D eigenvalue weighted by Gasteiger charge is -2.08. The highest BCUT2D eigenvalue weighted by atomic mass is 32.2. The number of thioether (sulfide) groups is 1. The Kier molecular flexibility index (Phi) is 4.73. The van der Waals surface area contributed by atoms with Gasteiger partial charge in [0.05, 0.1) is 16.3 Å². The number of pyridine rings is 1. The van der Waals surface area contributed by atoms with Gasteiger partial charge in [-0.2, -0.15) is 5.10 Å². The summed E-state index contributed by atoms with van der Waals surface area (Å²) in [7, 11) is 0. The Labute approximate surface area is 121 Å². The predicted molar refractivity (Wildman–Crippen MR) is 75.6 cm³/mol. The smallest absolute Gasteiger partial charge is 0.335 e. The summed E-state index contributed by atoms with van der Waals surface area (Å²) in [6.07, 6.45) is 3.05. The standard InChI is InChI=1S/C13H16N4O2S/c1-9(2)6-17-11(15-8-16-17)7-20-12-5-10(13(18)19)3-4-14-12/h3-5,8-9H,6-7H2,1-2H3,(H,18,19). The minimum Gasteiger partial charge on any atom is -0.478 e. The largest absolute Gasteiger partial charge is 0.478 e. The second-order valence-electron chi connectivity index (χ2n) is 4.73. The maximum absolute atomic E-state index is 10.9. The molecule has 2 aromatic rings.